The monoisotopic (exact) mass is 241 g/mol. The molecule has 3 N–H and O–H groups in total. The van der Waals surface area contributed by atoms with E-state index in [-0.39, 0.29) is 0 Å². The maximum absolute atomic E-state index is 5.82. The molecule has 2 aliphatic rings. The van der Waals surface area contributed by atoms with Gasteiger partial charge in [0.15, 0.2) is 0 Å². The van der Waals surface area contributed by atoms with Crippen LogP contribution in [0.15, 0.2) is 24.3 Å². The standard InChI is InChI=1S/C15H19N3/c16-7-10-5-11-6-13-12-3-1-2-4-14(12)17-15(13)9-18(11)8-10/h1-4,10-11,17H,5-9,16H2/t10-,11+/m1/s1. The summed E-state index contributed by atoms with van der Waals surface area (Å²) in [5, 5.41) is 1.42. The van der Waals surface area contributed by atoms with E-state index < -0.39 is 0 Å². The molecule has 0 spiro atoms. The molecule has 0 aliphatic carbocycles. The lowest BCUT2D eigenvalue weighted by Gasteiger charge is -2.29. The van der Waals surface area contributed by atoms with Crippen molar-refractivity contribution >= 4 is 10.9 Å². The average Bonchev–Trinajstić information content (AvgIpc) is 2.95. The molecule has 94 valence electrons. The first kappa shape index (κ1) is 10.6. The second-order valence-electron chi connectivity index (χ2n) is 5.75. The van der Waals surface area contributed by atoms with Gasteiger partial charge in [-0.1, -0.05) is 18.2 Å². The Kier molecular flexibility index (Phi) is 2.26. The smallest absolute Gasteiger partial charge is 0.0459 e. The van der Waals surface area contributed by atoms with Crippen LogP contribution in [-0.2, 0) is 13.0 Å². The molecule has 0 saturated carbocycles. The fourth-order valence-corrected chi connectivity index (χ4v) is 3.73. The topological polar surface area (TPSA) is 45.1 Å². The summed E-state index contributed by atoms with van der Waals surface area (Å²) in [6.45, 7) is 3.09. The van der Waals surface area contributed by atoms with Crippen molar-refractivity contribution in [1.82, 2.24) is 9.88 Å². The summed E-state index contributed by atoms with van der Waals surface area (Å²) < 4.78 is 0. The van der Waals surface area contributed by atoms with E-state index in [0.717, 1.165) is 13.1 Å². The van der Waals surface area contributed by atoms with Gasteiger partial charge < -0.3 is 10.7 Å². The zero-order valence-corrected chi connectivity index (χ0v) is 10.5. The lowest BCUT2D eigenvalue weighted by molar-refractivity contribution is 0.223. The highest BCUT2D eigenvalue weighted by atomic mass is 15.2. The molecule has 0 bridgehead atoms. The van der Waals surface area contributed by atoms with Gasteiger partial charge in [0.05, 0.1) is 0 Å². The molecule has 1 aromatic carbocycles. The number of H-pyrrole nitrogens is 1. The van der Waals surface area contributed by atoms with E-state index in [4.69, 9.17) is 5.73 Å². The maximum atomic E-state index is 5.82. The molecule has 3 nitrogen and oxygen atoms in total. The Hall–Kier alpha value is -1.32. The van der Waals surface area contributed by atoms with Crippen LogP contribution in [0.1, 0.15) is 17.7 Å². The predicted molar refractivity (Wildman–Crippen MR) is 73.4 cm³/mol. The van der Waals surface area contributed by atoms with Crippen molar-refractivity contribution in [3.05, 3.63) is 35.5 Å². The summed E-state index contributed by atoms with van der Waals surface area (Å²) in [6, 6.07) is 9.39. The largest absolute Gasteiger partial charge is 0.357 e. The molecule has 1 saturated heterocycles. The molecule has 18 heavy (non-hydrogen) atoms. The number of nitrogens with two attached hydrogens (primary N) is 1. The number of para-hydroxylation sites is 1. The van der Waals surface area contributed by atoms with Crippen molar-refractivity contribution in [2.24, 2.45) is 11.7 Å². The lowest BCUT2D eigenvalue weighted by Crippen LogP contribution is -2.35. The van der Waals surface area contributed by atoms with Crippen LogP contribution in [0.2, 0.25) is 0 Å². The minimum atomic E-state index is 0.699. The van der Waals surface area contributed by atoms with Crippen LogP contribution in [0.5, 0.6) is 0 Å². The number of nitrogens with one attached hydrogen (secondary N) is 1. The molecule has 0 unspecified atom stereocenters. The van der Waals surface area contributed by atoms with Gasteiger partial charge in [-0.05, 0) is 36.9 Å². The van der Waals surface area contributed by atoms with E-state index in [9.17, 15) is 0 Å². The van der Waals surface area contributed by atoms with Gasteiger partial charge in [0.25, 0.3) is 0 Å². The normalized spacial score (nSPS) is 27.4. The number of hydrogen-bond acceptors (Lipinski definition) is 2. The molecule has 0 amide bonds. The SMILES string of the molecule is NC[C@H]1C[C@H]2Cc3c([nH]c4ccccc34)CN2C1. The van der Waals surface area contributed by atoms with E-state index in [1.165, 1.54) is 36.0 Å². The molecule has 3 heteroatoms. The van der Waals surface area contributed by atoms with Crippen LogP contribution >= 0.6 is 0 Å². The Bertz CT molecular complexity index is 586. The number of rotatable bonds is 1. The summed E-state index contributed by atoms with van der Waals surface area (Å²) in [6.07, 6.45) is 2.46. The Labute approximate surface area is 107 Å². The quantitative estimate of drug-likeness (QED) is 0.800. The van der Waals surface area contributed by atoms with E-state index in [1.54, 1.807) is 5.56 Å². The fraction of sp³-hybridized carbons (Fsp3) is 0.467. The second-order valence-corrected chi connectivity index (χ2v) is 5.75. The molecule has 1 fully saturated rings. The van der Waals surface area contributed by atoms with Gasteiger partial charge in [-0.25, -0.2) is 0 Å². The zero-order valence-electron chi connectivity index (χ0n) is 10.5. The first-order chi connectivity index (χ1) is 8.85. The van der Waals surface area contributed by atoms with Gasteiger partial charge in [-0.3, -0.25) is 4.90 Å². The highest BCUT2D eigenvalue weighted by Gasteiger charge is 2.36. The third kappa shape index (κ3) is 1.44. The van der Waals surface area contributed by atoms with Crippen LogP contribution in [0.25, 0.3) is 10.9 Å². The highest BCUT2D eigenvalue weighted by Crippen LogP contribution is 2.35. The highest BCUT2D eigenvalue weighted by molar-refractivity contribution is 5.84. The minimum Gasteiger partial charge on any atom is -0.357 e. The van der Waals surface area contributed by atoms with Crippen LogP contribution in [0.3, 0.4) is 0 Å². The zero-order chi connectivity index (χ0) is 12.1. The number of hydrogen-bond donors (Lipinski definition) is 2. The fourth-order valence-electron chi connectivity index (χ4n) is 3.73. The molecule has 2 aliphatic heterocycles. The molecule has 4 rings (SSSR count). The number of fused-ring (bicyclic) bond motifs is 4. The molecular weight excluding hydrogens is 222 g/mol. The molecular formula is C15H19N3. The van der Waals surface area contributed by atoms with Gasteiger partial charge in [-0.15, -0.1) is 0 Å². The van der Waals surface area contributed by atoms with Crippen molar-refractivity contribution < 1.29 is 0 Å². The van der Waals surface area contributed by atoms with Crippen molar-refractivity contribution in [3.63, 3.8) is 0 Å². The minimum absolute atomic E-state index is 0.699. The summed E-state index contributed by atoms with van der Waals surface area (Å²) in [7, 11) is 0. The third-order valence-corrected chi connectivity index (χ3v) is 4.65. The predicted octanol–water partition coefficient (Wildman–Crippen LogP) is 1.87. The van der Waals surface area contributed by atoms with E-state index in [2.05, 4.69) is 34.1 Å². The second kappa shape index (κ2) is 3.84. The molecule has 3 heterocycles. The van der Waals surface area contributed by atoms with Crippen molar-refractivity contribution in [1.29, 1.82) is 0 Å². The molecule has 0 radical (unpaired) electrons. The number of nitrogens with zero attached hydrogens (tertiary/aromatic N) is 1. The van der Waals surface area contributed by atoms with Gasteiger partial charge in [0.1, 0.15) is 0 Å². The summed E-state index contributed by atoms with van der Waals surface area (Å²) in [5.74, 6) is 0.699. The van der Waals surface area contributed by atoms with Crippen molar-refractivity contribution in [2.45, 2.75) is 25.4 Å². The van der Waals surface area contributed by atoms with Crippen LogP contribution < -0.4 is 5.73 Å². The van der Waals surface area contributed by atoms with Crippen molar-refractivity contribution in [2.75, 3.05) is 13.1 Å². The number of aromatic nitrogens is 1. The Morgan fingerprint density at radius 3 is 3.11 bits per heavy atom. The van der Waals surface area contributed by atoms with Gasteiger partial charge in [-0.2, -0.15) is 0 Å². The summed E-state index contributed by atoms with van der Waals surface area (Å²) >= 11 is 0. The first-order valence-corrected chi connectivity index (χ1v) is 6.87. The molecule has 2 atom stereocenters. The van der Waals surface area contributed by atoms with Crippen LogP contribution in [0, 0.1) is 5.92 Å². The van der Waals surface area contributed by atoms with Gasteiger partial charge >= 0.3 is 0 Å². The van der Waals surface area contributed by atoms with E-state index in [0.29, 0.717) is 12.0 Å². The lowest BCUT2D eigenvalue weighted by atomic mass is 9.95. The Morgan fingerprint density at radius 1 is 1.33 bits per heavy atom. The van der Waals surface area contributed by atoms with Crippen LogP contribution in [-0.4, -0.2) is 29.0 Å². The Morgan fingerprint density at radius 2 is 2.22 bits per heavy atom. The summed E-state index contributed by atoms with van der Waals surface area (Å²) in [4.78, 5) is 6.19. The number of aromatic amines is 1. The van der Waals surface area contributed by atoms with Gasteiger partial charge in [0, 0.05) is 35.7 Å². The molecule has 1 aromatic heterocycles. The Balaban J connectivity index is 1.74. The maximum Gasteiger partial charge on any atom is 0.0459 e. The molecule has 2 aromatic rings. The van der Waals surface area contributed by atoms with E-state index >= 15 is 0 Å². The van der Waals surface area contributed by atoms with Gasteiger partial charge in [0.2, 0.25) is 0 Å². The first-order valence-electron chi connectivity index (χ1n) is 6.87. The number of benzene rings is 1. The third-order valence-electron chi connectivity index (χ3n) is 4.65. The van der Waals surface area contributed by atoms with E-state index in [1.807, 2.05) is 0 Å². The summed E-state index contributed by atoms with van der Waals surface area (Å²) in [5.41, 5.74) is 10.1. The van der Waals surface area contributed by atoms with Crippen LogP contribution in [0.4, 0.5) is 0 Å². The van der Waals surface area contributed by atoms with Crippen molar-refractivity contribution in [3.8, 4) is 0 Å². The average molecular weight is 241 g/mol.